The SMILES string of the molecule is CN(Cc1cccs1)S(=O)(=O)c1ccc(CC(N)=S)cc1. The lowest BCUT2D eigenvalue weighted by Gasteiger charge is -2.16. The van der Waals surface area contributed by atoms with Crippen LogP contribution in [0, 0.1) is 0 Å². The van der Waals surface area contributed by atoms with Crippen LogP contribution >= 0.6 is 23.6 Å². The molecule has 21 heavy (non-hydrogen) atoms. The van der Waals surface area contributed by atoms with Crippen molar-refractivity contribution in [2.75, 3.05) is 7.05 Å². The van der Waals surface area contributed by atoms with Crippen LogP contribution in [0.3, 0.4) is 0 Å². The maximum absolute atomic E-state index is 12.5. The first-order valence-corrected chi connectivity index (χ1v) is 8.98. The van der Waals surface area contributed by atoms with Crippen molar-refractivity contribution in [2.24, 2.45) is 5.73 Å². The summed E-state index contributed by atoms with van der Waals surface area (Å²) in [5.41, 5.74) is 6.38. The van der Waals surface area contributed by atoms with Crippen LogP contribution in [0.25, 0.3) is 0 Å². The average molecular weight is 340 g/mol. The molecule has 2 aromatic rings. The van der Waals surface area contributed by atoms with Crippen LogP contribution < -0.4 is 5.73 Å². The van der Waals surface area contributed by atoms with E-state index in [1.807, 2.05) is 17.5 Å². The number of hydrogen-bond acceptors (Lipinski definition) is 4. The molecule has 0 radical (unpaired) electrons. The second kappa shape index (κ2) is 6.65. The second-order valence-electron chi connectivity index (χ2n) is 4.63. The first-order chi connectivity index (χ1) is 9.89. The maximum atomic E-state index is 12.5. The summed E-state index contributed by atoms with van der Waals surface area (Å²) in [6.45, 7) is 0.370. The number of thiophene rings is 1. The number of nitrogens with zero attached hydrogens (tertiary/aromatic N) is 1. The van der Waals surface area contributed by atoms with Crippen LogP contribution in [-0.4, -0.2) is 24.8 Å². The third kappa shape index (κ3) is 4.10. The Morgan fingerprint density at radius 1 is 1.29 bits per heavy atom. The Bertz CT molecular complexity index is 707. The van der Waals surface area contributed by atoms with E-state index in [0.717, 1.165) is 10.4 Å². The summed E-state index contributed by atoms with van der Waals surface area (Å²) in [5.74, 6) is 0. The first kappa shape index (κ1) is 16.1. The van der Waals surface area contributed by atoms with Crippen molar-refractivity contribution in [3.05, 3.63) is 52.2 Å². The highest BCUT2D eigenvalue weighted by molar-refractivity contribution is 7.89. The number of sulfonamides is 1. The van der Waals surface area contributed by atoms with Crippen molar-refractivity contribution >= 4 is 38.6 Å². The van der Waals surface area contributed by atoms with Gasteiger partial charge in [0.05, 0.1) is 9.88 Å². The predicted octanol–water partition coefficient (Wildman–Crippen LogP) is 2.40. The summed E-state index contributed by atoms with van der Waals surface area (Å²) in [7, 11) is -1.90. The molecule has 0 saturated heterocycles. The fourth-order valence-electron chi connectivity index (χ4n) is 1.87. The lowest BCUT2D eigenvalue weighted by atomic mass is 10.1. The summed E-state index contributed by atoms with van der Waals surface area (Å²) in [5, 5.41) is 1.93. The monoisotopic (exact) mass is 340 g/mol. The molecule has 1 aromatic heterocycles. The Morgan fingerprint density at radius 3 is 2.48 bits per heavy atom. The minimum Gasteiger partial charge on any atom is -0.393 e. The van der Waals surface area contributed by atoms with E-state index in [4.69, 9.17) is 18.0 Å². The molecule has 0 bridgehead atoms. The normalized spacial score (nSPS) is 11.7. The molecule has 0 atom stereocenters. The van der Waals surface area contributed by atoms with Crippen LogP contribution in [-0.2, 0) is 23.0 Å². The molecular formula is C14H16N2O2S3. The van der Waals surface area contributed by atoms with E-state index < -0.39 is 10.0 Å². The molecule has 4 nitrogen and oxygen atoms in total. The van der Waals surface area contributed by atoms with Gasteiger partial charge in [-0.2, -0.15) is 4.31 Å². The van der Waals surface area contributed by atoms with Gasteiger partial charge in [-0.3, -0.25) is 0 Å². The Labute approximate surface area is 134 Å². The molecule has 7 heteroatoms. The van der Waals surface area contributed by atoms with E-state index in [2.05, 4.69) is 0 Å². The largest absolute Gasteiger partial charge is 0.393 e. The number of rotatable bonds is 6. The summed E-state index contributed by atoms with van der Waals surface area (Å²) in [6.07, 6.45) is 0.473. The zero-order valence-corrected chi connectivity index (χ0v) is 14.0. The molecule has 2 N–H and O–H groups in total. The number of nitrogens with two attached hydrogens (primary N) is 1. The molecule has 0 amide bonds. The summed E-state index contributed by atoms with van der Waals surface area (Å²) in [4.78, 5) is 1.67. The summed E-state index contributed by atoms with van der Waals surface area (Å²) in [6, 6.07) is 10.5. The van der Waals surface area contributed by atoms with Crippen LogP contribution in [0.2, 0.25) is 0 Å². The fourth-order valence-corrected chi connectivity index (χ4v) is 4.02. The van der Waals surface area contributed by atoms with Gasteiger partial charge in [0.25, 0.3) is 0 Å². The van der Waals surface area contributed by atoms with E-state index in [0.29, 0.717) is 18.0 Å². The van der Waals surface area contributed by atoms with Gasteiger partial charge < -0.3 is 5.73 Å². The van der Waals surface area contributed by atoms with Crippen LogP contribution in [0.1, 0.15) is 10.4 Å². The lowest BCUT2D eigenvalue weighted by Crippen LogP contribution is -2.26. The highest BCUT2D eigenvalue weighted by Gasteiger charge is 2.21. The predicted molar refractivity (Wildman–Crippen MR) is 89.9 cm³/mol. The number of thiocarbonyl (C=S) groups is 1. The molecular weight excluding hydrogens is 324 g/mol. The van der Waals surface area contributed by atoms with E-state index in [1.54, 1.807) is 31.3 Å². The topological polar surface area (TPSA) is 63.4 Å². The van der Waals surface area contributed by atoms with Gasteiger partial charge in [-0.1, -0.05) is 30.4 Å². The summed E-state index contributed by atoms with van der Waals surface area (Å²) < 4.78 is 26.3. The third-order valence-corrected chi connectivity index (χ3v) is 5.79. The second-order valence-corrected chi connectivity index (χ2v) is 8.23. The van der Waals surface area contributed by atoms with Crippen molar-refractivity contribution in [2.45, 2.75) is 17.9 Å². The fraction of sp³-hybridized carbons (Fsp3) is 0.214. The molecule has 1 heterocycles. The van der Waals surface area contributed by atoms with Gasteiger partial charge in [0.1, 0.15) is 0 Å². The van der Waals surface area contributed by atoms with E-state index in [-0.39, 0.29) is 4.90 Å². The Kier molecular flexibility index (Phi) is 5.10. The van der Waals surface area contributed by atoms with Crippen LogP contribution in [0.4, 0.5) is 0 Å². The van der Waals surface area contributed by atoms with Crippen LogP contribution in [0.5, 0.6) is 0 Å². The van der Waals surface area contributed by atoms with Crippen molar-refractivity contribution in [3.63, 3.8) is 0 Å². The Balaban J connectivity index is 2.16. The molecule has 0 aliphatic heterocycles. The quantitative estimate of drug-likeness (QED) is 0.820. The molecule has 1 aromatic carbocycles. The molecule has 0 aliphatic rings. The molecule has 0 spiro atoms. The number of benzene rings is 1. The van der Waals surface area contributed by atoms with Gasteiger partial charge in [0, 0.05) is 24.9 Å². The van der Waals surface area contributed by atoms with E-state index >= 15 is 0 Å². The van der Waals surface area contributed by atoms with E-state index in [9.17, 15) is 8.42 Å². The highest BCUT2D eigenvalue weighted by atomic mass is 32.2. The molecule has 0 saturated carbocycles. The van der Waals surface area contributed by atoms with Crippen molar-refractivity contribution in [1.29, 1.82) is 0 Å². The molecule has 0 unspecified atom stereocenters. The van der Waals surface area contributed by atoms with Gasteiger partial charge in [-0.25, -0.2) is 8.42 Å². The maximum Gasteiger partial charge on any atom is 0.243 e. The van der Waals surface area contributed by atoms with Gasteiger partial charge in [0.15, 0.2) is 0 Å². The van der Waals surface area contributed by atoms with Gasteiger partial charge >= 0.3 is 0 Å². The summed E-state index contributed by atoms with van der Waals surface area (Å²) >= 11 is 6.38. The molecule has 2 rings (SSSR count). The smallest absolute Gasteiger partial charge is 0.243 e. The van der Waals surface area contributed by atoms with E-state index in [1.165, 1.54) is 15.6 Å². The van der Waals surface area contributed by atoms with Crippen molar-refractivity contribution in [1.82, 2.24) is 4.31 Å². The standard InChI is InChI=1S/C14H16N2O2S3/c1-16(10-12-3-2-8-20-12)21(17,18)13-6-4-11(5-7-13)9-14(15)19/h2-8H,9-10H2,1H3,(H2,15,19). The third-order valence-electron chi connectivity index (χ3n) is 2.97. The van der Waals surface area contributed by atoms with Crippen molar-refractivity contribution < 1.29 is 8.42 Å². The number of hydrogen-bond donors (Lipinski definition) is 1. The Hall–Kier alpha value is -1.28. The highest BCUT2D eigenvalue weighted by Crippen LogP contribution is 2.19. The van der Waals surface area contributed by atoms with Crippen LogP contribution in [0.15, 0.2) is 46.7 Å². The molecule has 0 fully saturated rings. The minimum atomic E-state index is -3.48. The zero-order chi connectivity index (χ0) is 15.5. The molecule has 112 valence electrons. The molecule has 0 aliphatic carbocycles. The lowest BCUT2D eigenvalue weighted by molar-refractivity contribution is 0.469. The average Bonchev–Trinajstić information content (AvgIpc) is 2.91. The van der Waals surface area contributed by atoms with Gasteiger partial charge in [-0.15, -0.1) is 11.3 Å². The zero-order valence-electron chi connectivity index (χ0n) is 11.5. The Morgan fingerprint density at radius 2 is 1.95 bits per heavy atom. The van der Waals surface area contributed by atoms with Gasteiger partial charge in [-0.05, 0) is 29.1 Å². The van der Waals surface area contributed by atoms with Crippen molar-refractivity contribution in [3.8, 4) is 0 Å². The van der Waals surface area contributed by atoms with Gasteiger partial charge in [0.2, 0.25) is 10.0 Å². The first-order valence-electron chi connectivity index (χ1n) is 6.25. The minimum absolute atomic E-state index is 0.272.